The van der Waals surface area contributed by atoms with Crippen LogP contribution in [0, 0.1) is 0 Å². The molecule has 0 aliphatic carbocycles. The highest BCUT2D eigenvalue weighted by Gasteiger charge is 2.25. The third-order valence-corrected chi connectivity index (χ3v) is 2.51. The molecule has 0 amide bonds. The van der Waals surface area contributed by atoms with Crippen LogP contribution >= 0.6 is 0 Å². The lowest BCUT2D eigenvalue weighted by Gasteiger charge is -2.03. The molecule has 5 nitrogen and oxygen atoms in total. The number of epoxide rings is 1. The van der Waals surface area contributed by atoms with Gasteiger partial charge in [0.25, 0.3) is 0 Å². The lowest BCUT2D eigenvalue weighted by Crippen LogP contribution is -2.10. The van der Waals surface area contributed by atoms with Crippen LogP contribution in [-0.4, -0.2) is 35.5 Å². The van der Waals surface area contributed by atoms with Gasteiger partial charge in [0.05, 0.1) is 23.9 Å². The first kappa shape index (κ1) is 9.35. The molecule has 1 aromatic heterocycles. The van der Waals surface area contributed by atoms with E-state index >= 15 is 0 Å². The number of nitrogens with one attached hydrogen (secondary N) is 1. The third-order valence-electron chi connectivity index (χ3n) is 2.51. The Labute approximate surface area is 91.4 Å². The number of aromatic amines is 1. The van der Waals surface area contributed by atoms with Crippen molar-refractivity contribution in [2.45, 2.75) is 6.10 Å². The number of benzene rings is 1. The van der Waals surface area contributed by atoms with Gasteiger partial charge >= 0.3 is 5.97 Å². The lowest BCUT2D eigenvalue weighted by molar-refractivity contribution is 0.0479. The third kappa shape index (κ3) is 1.65. The molecule has 3 rings (SSSR count). The van der Waals surface area contributed by atoms with Crippen LogP contribution in [-0.2, 0) is 9.47 Å². The van der Waals surface area contributed by atoms with E-state index in [1.54, 1.807) is 18.3 Å². The molecule has 1 fully saturated rings. The fourth-order valence-corrected chi connectivity index (χ4v) is 1.56. The van der Waals surface area contributed by atoms with Gasteiger partial charge in [0.15, 0.2) is 0 Å². The fourth-order valence-electron chi connectivity index (χ4n) is 1.56. The smallest absolute Gasteiger partial charge is 0.338 e. The van der Waals surface area contributed by atoms with Crippen molar-refractivity contribution in [3.05, 3.63) is 30.0 Å². The van der Waals surface area contributed by atoms with Gasteiger partial charge in [-0.3, -0.25) is 5.10 Å². The Hall–Kier alpha value is -1.88. The summed E-state index contributed by atoms with van der Waals surface area (Å²) in [5.74, 6) is -0.331. The molecule has 2 heterocycles. The van der Waals surface area contributed by atoms with E-state index in [1.807, 2.05) is 6.07 Å². The molecule has 0 saturated carbocycles. The molecular weight excluding hydrogens is 208 g/mol. The minimum absolute atomic E-state index is 0.0903. The molecule has 82 valence electrons. The zero-order valence-electron chi connectivity index (χ0n) is 8.47. The van der Waals surface area contributed by atoms with Crippen LogP contribution in [0.25, 0.3) is 10.9 Å². The molecule has 1 N–H and O–H groups in total. The highest BCUT2D eigenvalue weighted by Crippen LogP contribution is 2.18. The predicted molar refractivity (Wildman–Crippen MR) is 56.1 cm³/mol. The second kappa shape index (κ2) is 3.61. The van der Waals surface area contributed by atoms with Crippen LogP contribution in [0.3, 0.4) is 0 Å². The Morgan fingerprint density at radius 1 is 1.62 bits per heavy atom. The molecule has 1 aliphatic rings. The summed E-state index contributed by atoms with van der Waals surface area (Å²) >= 11 is 0. The van der Waals surface area contributed by atoms with Gasteiger partial charge in [-0.1, -0.05) is 6.07 Å². The summed E-state index contributed by atoms with van der Waals surface area (Å²) in [6.07, 6.45) is 1.71. The van der Waals surface area contributed by atoms with E-state index in [0.29, 0.717) is 18.8 Å². The number of rotatable bonds is 3. The standard InChI is InChI=1S/C11H10N2O3/c14-11(16-6-7-5-15-7)8-2-1-3-10-9(8)4-12-13-10/h1-4,7H,5-6H2,(H,12,13)/t7-/m0/s1. The molecule has 1 aromatic carbocycles. The van der Waals surface area contributed by atoms with E-state index < -0.39 is 0 Å². The zero-order valence-corrected chi connectivity index (χ0v) is 8.47. The lowest BCUT2D eigenvalue weighted by atomic mass is 10.1. The Morgan fingerprint density at radius 2 is 2.50 bits per heavy atom. The van der Waals surface area contributed by atoms with Crippen LogP contribution in [0.5, 0.6) is 0 Å². The predicted octanol–water partition coefficient (Wildman–Crippen LogP) is 1.12. The SMILES string of the molecule is O=C(OC[C@@H]1CO1)c1cccc2[nH]ncc12. The molecule has 0 radical (unpaired) electrons. The molecule has 2 aromatic rings. The summed E-state index contributed by atoms with van der Waals surface area (Å²) in [7, 11) is 0. The van der Waals surface area contributed by atoms with Crippen LogP contribution in [0.1, 0.15) is 10.4 Å². The largest absolute Gasteiger partial charge is 0.459 e. The molecule has 0 spiro atoms. The second-order valence-corrected chi connectivity index (χ2v) is 3.69. The van der Waals surface area contributed by atoms with E-state index in [-0.39, 0.29) is 12.1 Å². The number of ether oxygens (including phenoxy) is 2. The number of fused-ring (bicyclic) bond motifs is 1. The van der Waals surface area contributed by atoms with Crippen molar-refractivity contribution in [1.29, 1.82) is 0 Å². The summed E-state index contributed by atoms with van der Waals surface area (Å²) in [4.78, 5) is 11.8. The van der Waals surface area contributed by atoms with Crippen LogP contribution in [0.4, 0.5) is 0 Å². The summed E-state index contributed by atoms with van der Waals surface area (Å²) in [6.45, 7) is 1.01. The molecule has 1 atom stereocenters. The quantitative estimate of drug-likeness (QED) is 0.619. The van der Waals surface area contributed by atoms with Crippen molar-refractivity contribution in [1.82, 2.24) is 10.2 Å². The molecule has 1 saturated heterocycles. The molecule has 0 unspecified atom stereocenters. The van der Waals surface area contributed by atoms with Crippen molar-refractivity contribution in [2.75, 3.05) is 13.2 Å². The van der Waals surface area contributed by atoms with Gasteiger partial charge in [-0.05, 0) is 12.1 Å². The van der Waals surface area contributed by atoms with Crippen LogP contribution in [0.15, 0.2) is 24.4 Å². The average molecular weight is 218 g/mol. The van der Waals surface area contributed by atoms with E-state index in [0.717, 1.165) is 10.9 Å². The molecule has 5 heteroatoms. The van der Waals surface area contributed by atoms with Gasteiger partial charge in [-0.2, -0.15) is 5.10 Å². The van der Waals surface area contributed by atoms with Gasteiger partial charge in [-0.15, -0.1) is 0 Å². The summed E-state index contributed by atoms with van der Waals surface area (Å²) in [6, 6.07) is 5.39. The second-order valence-electron chi connectivity index (χ2n) is 3.69. The first-order chi connectivity index (χ1) is 7.84. The number of nitrogens with zero attached hydrogens (tertiary/aromatic N) is 1. The van der Waals surface area contributed by atoms with Gasteiger partial charge in [-0.25, -0.2) is 4.79 Å². The molecule has 16 heavy (non-hydrogen) atoms. The Balaban J connectivity index is 1.85. The number of hydrogen-bond donors (Lipinski definition) is 1. The van der Waals surface area contributed by atoms with E-state index in [4.69, 9.17) is 9.47 Å². The van der Waals surface area contributed by atoms with Crippen molar-refractivity contribution in [2.24, 2.45) is 0 Å². The summed E-state index contributed by atoms with van der Waals surface area (Å²) in [5, 5.41) is 7.49. The first-order valence-corrected chi connectivity index (χ1v) is 5.05. The molecule has 1 aliphatic heterocycles. The number of hydrogen-bond acceptors (Lipinski definition) is 4. The monoisotopic (exact) mass is 218 g/mol. The van der Waals surface area contributed by atoms with Crippen molar-refractivity contribution in [3.63, 3.8) is 0 Å². The van der Waals surface area contributed by atoms with Gasteiger partial charge < -0.3 is 9.47 Å². The van der Waals surface area contributed by atoms with E-state index in [2.05, 4.69) is 10.2 Å². The average Bonchev–Trinajstić information content (AvgIpc) is 3.01. The zero-order chi connectivity index (χ0) is 11.0. The highest BCUT2D eigenvalue weighted by atomic mass is 16.6. The summed E-state index contributed by atoms with van der Waals surface area (Å²) < 4.78 is 10.1. The normalized spacial score (nSPS) is 18.6. The van der Waals surface area contributed by atoms with Crippen molar-refractivity contribution >= 4 is 16.9 Å². The van der Waals surface area contributed by atoms with E-state index in [1.165, 1.54) is 0 Å². The summed E-state index contributed by atoms with van der Waals surface area (Å²) in [5.41, 5.74) is 1.36. The number of carbonyl (C=O) groups is 1. The minimum Gasteiger partial charge on any atom is -0.459 e. The van der Waals surface area contributed by atoms with Crippen molar-refractivity contribution < 1.29 is 14.3 Å². The topological polar surface area (TPSA) is 67.5 Å². The maximum absolute atomic E-state index is 11.8. The van der Waals surface area contributed by atoms with E-state index in [9.17, 15) is 4.79 Å². The number of esters is 1. The number of carbonyl (C=O) groups excluding carboxylic acids is 1. The van der Waals surface area contributed by atoms with Crippen LogP contribution in [0.2, 0.25) is 0 Å². The highest BCUT2D eigenvalue weighted by molar-refractivity contribution is 6.03. The number of aromatic nitrogens is 2. The molecule has 0 bridgehead atoms. The van der Waals surface area contributed by atoms with Gasteiger partial charge in [0.2, 0.25) is 0 Å². The van der Waals surface area contributed by atoms with Crippen LogP contribution < -0.4 is 0 Å². The Kier molecular flexibility index (Phi) is 2.11. The Morgan fingerprint density at radius 3 is 3.31 bits per heavy atom. The molecular formula is C11H10N2O3. The Bertz CT molecular complexity index is 531. The van der Waals surface area contributed by atoms with Gasteiger partial charge in [0.1, 0.15) is 12.7 Å². The maximum atomic E-state index is 11.8. The maximum Gasteiger partial charge on any atom is 0.338 e. The number of H-pyrrole nitrogens is 1. The van der Waals surface area contributed by atoms with Gasteiger partial charge in [0, 0.05) is 5.39 Å². The van der Waals surface area contributed by atoms with Crippen molar-refractivity contribution in [3.8, 4) is 0 Å². The minimum atomic E-state index is -0.331. The first-order valence-electron chi connectivity index (χ1n) is 5.05. The fraction of sp³-hybridized carbons (Fsp3) is 0.273.